The molecule has 1 amide bonds. The number of nitrogens with one attached hydrogen (secondary N) is 1. The Labute approximate surface area is 145 Å². The average molecular weight is 339 g/mol. The van der Waals surface area contributed by atoms with E-state index >= 15 is 0 Å². The zero-order valence-electron chi connectivity index (χ0n) is 13.6. The molecule has 0 unspecified atom stereocenters. The molecule has 24 heavy (non-hydrogen) atoms. The summed E-state index contributed by atoms with van der Waals surface area (Å²) in [5, 5.41) is 5.48. The number of fused-ring (bicyclic) bond motifs is 1. The Kier molecular flexibility index (Phi) is 4.36. The maximum Gasteiger partial charge on any atom is 0.227 e. The van der Waals surface area contributed by atoms with E-state index in [9.17, 15) is 4.79 Å². The molecule has 0 bridgehead atoms. The predicted molar refractivity (Wildman–Crippen MR) is 98.2 cm³/mol. The molecule has 3 heterocycles. The number of H-pyrrole nitrogens is 1. The minimum absolute atomic E-state index is 0.231. The lowest BCUT2D eigenvalue weighted by molar-refractivity contribution is -0.132. The van der Waals surface area contributed by atoms with Crippen LogP contribution in [0, 0.1) is 0 Å². The van der Waals surface area contributed by atoms with Gasteiger partial charge in [0.1, 0.15) is 0 Å². The third kappa shape index (κ3) is 3.23. The largest absolute Gasteiger partial charge is 0.361 e. The molecular formula is C19H21N3OS. The molecule has 0 atom stereocenters. The van der Waals surface area contributed by atoms with Gasteiger partial charge in [0.2, 0.25) is 5.91 Å². The summed E-state index contributed by atoms with van der Waals surface area (Å²) in [4.78, 5) is 20.3. The first kappa shape index (κ1) is 15.4. The second kappa shape index (κ2) is 6.79. The van der Waals surface area contributed by atoms with Crippen molar-refractivity contribution >= 4 is 28.1 Å². The highest BCUT2D eigenvalue weighted by atomic mass is 32.1. The number of aromatic amines is 1. The maximum atomic E-state index is 12.6. The average Bonchev–Trinajstić information content (AvgIpc) is 3.26. The van der Waals surface area contributed by atoms with Crippen molar-refractivity contribution < 1.29 is 4.79 Å². The van der Waals surface area contributed by atoms with Crippen molar-refractivity contribution in [2.24, 2.45) is 0 Å². The standard InChI is InChI=1S/C19H21N3OS/c23-19(11-16-12-20-18-4-2-1-3-17(16)18)22-8-6-21(7-9-22)13-15-5-10-24-14-15/h1-5,10,12,14,20H,6-9,11,13H2. The smallest absolute Gasteiger partial charge is 0.227 e. The lowest BCUT2D eigenvalue weighted by atomic mass is 10.1. The third-order valence-corrected chi connectivity index (χ3v) is 5.46. The number of hydrogen-bond donors (Lipinski definition) is 1. The molecule has 0 saturated carbocycles. The van der Waals surface area contributed by atoms with E-state index < -0.39 is 0 Å². The molecule has 5 heteroatoms. The van der Waals surface area contributed by atoms with E-state index in [-0.39, 0.29) is 5.91 Å². The first-order chi connectivity index (χ1) is 11.8. The minimum Gasteiger partial charge on any atom is -0.361 e. The van der Waals surface area contributed by atoms with Crippen LogP contribution in [0.15, 0.2) is 47.3 Å². The first-order valence-corrected chi connectivity index (χ1v) is 9.30. The molecular weight excluding hydrogens is 318 g/mol. The van der Waals surface area contributed by atoms with Gasteiger partial charge >= 0.3 is 0 Å². The number of carbonyl (C=O) groups is 1. The first-order valence-electron chi connectivity index (χ1n) is 8.36. The van der Waals surface area contributed by atoms with Gasteiger partial charge in [0.15, 0.2) is 0 Å². The number of aromatic nitrogens is 1. The fourth-order valence-corrected chi connectivity index (χ4v) is 4.01. The Balaban J connectivity index is 1.34. The summed E-state index contributed by atoms with van der Waals surface area (Å²) in [6.07, 6.45) is 2.45. The number of nitrogens with zero attached hydrogens (tertiary/aromatic N) is 2. The molecule has 1 saturated heterocycles. The van der Waals surface area contributed by atoms with Crippen LogP contribution in [-0.4, -0.2) is 46.9 Å². The molecule has 1 fully saturated rings. The van der Waals surface area contributed by atoms with Crippen LogP contribution in [0.3, 0.4) is 0 Å². The quantitative estimate of drug-likeness (QED) is 0.793. The van der Waals surface area contributed by atoms with E-state index in [2.05, 4.69) is 32.8 Å². The highest BCUT2D eigenvalue weighted by molar-refractivity contribution is 7.07. The Bertz CT molecular complexity index is 816. The normalized spacial score (nSPS) is 15.9. The number of amides is 1. The van der Waals surface area contributed by atoms with Crippen molar-refractivity contribution in [3.05, 3.63) is 58.4 Å². The highest BCUT2D eigenvalue weighted by Crippen LogP contribution is 2.19. The zero-order chi connectivity index (χ0) is 16.4. The minimum atomic E-state index is 0.231. The summed E-state index contributed by atoms with van der Waals surface area (Å²) in [6.45, 7) is 4.55. The van der Waals surface area contributed by atoms with Gasteiger partial charge in [0.05, 0.1) is 6.42 Å². The summed E-state index contributed by atoms with van der Waals surface area (Å²) in [7, 11) is 0. The van der Waals surface area contributed by atoms with Gasteiger partial charge in [-0.25, -0.2) is 0 Å². The summed E-state index contributed by atoms with van der Waals surface area (Å²) < 4.78 is 0. The van der Waals surface area contributed by atoms with E-state index in [4.69, 9.17) is 0 Å². The van der Waals surface area contributed by atoms with E-state index in [0.717, 1.165) is 49.2 Å². The number of carbonyl (C=O) groups excluding carboxylic acids is 1. The van der Waals surface area contributed by atoms with Gasteiger partial charge in [-0.3, -0.25) is 9.69 Å². The topological polar surface area (TPSA) is 39.3 Å². The van der Waals surface area contributed by atoms with Crippen molar-refractivity contribution in [3.63, 3.8) is 0 Å². The Morgan fingerprint density at radius 3 is 2.75 bits per heavy atom. The summed E-state index contributed by atoms with van der Waals surface area (Å²) in [6, 6.07) is 10.3. The molecule has 0 radical (unpaired) electrons. The Morgan fingerprint density at radius 2 is 1.96 bits per heavy atom. The number of thiophene rings is 1. The van der Waals surface area contributed by atoms with Gasteiger partial charge in [0.25, 0.3) is 0 Å². The second-order valence-electron chi connectivity index (χ2n) is 6.32. The molecule has 0 aliphatic carbocycles. The van der Waals surface area contributed by atoms with Gasteiger partial charge in [-0.05, 0) is 34.0 Å². The van der Waals surface area contributed by atoms with E-state index in [1.54, 1.807) is 11.3 Å². The number of rotatable bonds is 4. The molecule has 1 N–H and O–H groups in total. The molecule has 1 aromatic carbocycles. The van der Waals surface area contributed by atoms with Gasteiger partial charge < -0.3 is 9.88 Å². The molecule has 3 aromatic rings. The van der Waals surface area contributed by atoms with Crippen LogP contribution in [0.2, 0.25) is 0 Å². The zero-order valence-corrected chi connectivity index (χ0v) is 14.4. The maximum absolute atomic E-state index is 12.6. The SMILES string of the molecule is O=C(Cc1c[nH]c2ccccc12)N1CCN(Cc2ccsc2)CC1. The summed E-state index contributed by atoms with van der Waals surface area (Å²) in [5.41, 5.74) is 3.57. The molecule has 4 nitrogen and oxygen atoms in total. The van der Waals surface area contributed by atoms with Gasteiger partial charge in [0, 0.05) is 49.8 Å². The second-order valence-corrected chi connectivity index (χ2v) is 7.10. The van der Waals surface area contributed by atoms with Crippen molar-refractivity contribution in [3.8, 4) is 0 Å². The molecule has 0 spiro atoms. The van der Waals surface area contributed by atoms with E-state index in [1.165, 1.54) is 5.56 Å². The molecule has 4 rings (SSSR count). The summed E-state index contributed by atoms with van der Waals surface area (Å²) >= 11 is 1.74. The van der Waals surface area contributed by atoms with Crippen molar-refractivity contribution in [1.82, 2.24) is 14.8 Å². The molecule has 2 aromatic heterocycles. The predicted octanol–water partition coefficient (Wildman–Crippen LogP) is 3.12. The van der Waals surface area contributed by atoms with Crippen molar-refractivity contribution in [1.29, 1.82) is 0 Å². The third-order valence-electron chi connectivity index (χ3n) is 4.73. The molecule has 124 valence electrons. The van der Waals surface area contributed by atoms with Crippen LogP contribution in [-0.2, 0) is 17.8 Å². The fraction of sp³-hybridized carbons (Fsp3) is 0.316. The number of para-hydroxylation sites is 1. The number of piperazine rings is 1. The van der Waals surface area contributed by atoms with Gasteiger partial charge in [-0.2, -0.15) is 11.3 Å². The number of benzene rings is 1. The van der Waals surface area contributed by atoms with E-state index in [1.807, 2.05) is 29.3 Å². The highest BCUT2D eigenvalue weighted by Gasteiger charge is 2.22. The van der Waals surface area contributed by atoms with Crippen LogP contribution in [0.1, 0.15) is 11.1 Å². The van der Waals surface area contributed by atoms with Crippen molar-refractivity contribution in [2.45, 2.75) is 13.0 Å². The van der Waals surface area contributed by atoms with Crippen LogP contribution >= 0.6 is 11.3 Å². The lowest BCUT2D eigenvalue weighted by Crippen LogP contribution is -2.48. The van der Waals surface area contributed by atoms with Crippen LogP contribution in [0.5, 0.6) is 0 Å². The summed E-state index contributed by atoms with van der Waals surface area (Å²) in [5.74, 6) is 0.231. The molecule has 1 aliphatic heterocycles. The molecule has 1 aliphatic rings. The van der Waals surface area contributed by atoms with Crippen molar-refractivity contribution in [2.75, 3.05) is 26.2 Å². The monoisotopic (exact) mass is 339 g/mol. The lowest BCUT2D eigenvalue weighted by Gasteiger charge is -2.34. The Morgan fingerprint density at radius 1 is 1.12 bits per heavy atom. The van der Waals surface area contributed by atoms with Gasteiger partial charge in [-0.15, -0.1) is 0 Å². The van der Waals surface area contributed by atoms with Gasteiger partial charge in [-0.1, -0.05) is 18.2 Å². The van der Waals surface area contributed by atoms with Crippen LogP contribution in [0.4, 0.5) is 0 Å². The van der Waals surface area contributed by atoms with Crippen LogP contribution in [0.25, 0.3) is 10.9 Å². The Hall–Kier alpha value is -2.11. The number of hydrogen-bond acceptors (Lipinski definition) is 3. The fourth-order valence-electron chi connectivity index (χ4n) is 3.35. The van der Waals surface area contributed by atoms with Crippen LogP contribution < -0.4 is 0 Å². The van der Waals surface area contributed by atoms with E-state index in [0.29, 0.717) is 6.42 Å².